The zero-order chi connectivity index (χ0) is 56.6. The molecule has 1 aliphatic heterocycles. The molecule has 5 aromatic heterocycles. The minimum atomic E-state index is -0.310. The van der Waals surface area contributed by atoms with E-state index in [0.29, 0.717) is 22.5 Å². The summed E-state index contributed by atoms with van der Waals surface area (Å²) in [6.07, 6.45) is 55.9. The first-order valence-corrected chi connectivity index (χ1v) is 37.8. The number of H-pyrrole nitrogens is 1. The number of hydrogen-bond acceptors (Lipinski definition) is 8. The van der Waals surface area contributed by atoms with Gasteiger partial charge in [0.15, 0.2) is 5.88 Å². The van der Waals surface area contributed by atoms with E-state index in [0.717, 1.165) is 78.8 Å². The second kappa shape index (κ2) is 39.6. The summed E-state index contributed by atoms with van der Waals surface area (Å²) in [5.41, 5.74) is 6.96. The molecule has 0 fully saturated rings. The second-order valence-corrected chi connectivity index (χ2v) is 30.4. The number of amides is 1. The van der Waals surface area contributed by atoms with Crippen LogP contribution in [0.15, 0.2) is 24.7 Å². The summed E-state index contributed by atoms with van der Waals surface area (Å²) < 4.78 is 2.28. The van der Waals surface area contributed by atoms with Crippen molar-refractivity contribution in [2.45, 2.75) is 310 Å². The first kappa shape index (κ1) is 67.2. The van der Waals surface area contributed by atoms with Crippen molar-refractivity contribution in [2.75, 3.05) is 0 Å². The number of nitrogens with one attached hydrogen (secondary N) is 1. The van der Waals surface area contributed by atoms with Crippen molar-refractivity contribution in [1.29, 1.82) is 0 Å². The molecule has 0 spiro atoms. The molecule has 6 heterocycles. The Hall–Kier alpha value is -1.96. The zero-order valence-electron chi connectivity index (χ0n) is 50.4. The highest BCUT2D eigenvalue weighted by Crippen LogP contribution is 2.48. The van der Waals surface area contributed by atoms with Crippen LogP contribution in [-0.4, -0.2) is 31.7 Å². The van der Waals surface area contributed by atoms with Crippen molar-refractivity contribution >= 4 is 88.8 Å². The van der Waals surface area contributed by atoms with Gasteiger partial charge in [0.05, 0.1) is 55.3 Å². The van der Waals surface area contributed by atoms with Gasteiger partial charge in [0.1, 0.15) is 15.7 Å². The molecular weight excluding hydrogens is 1190 g/mol. The summed E-state index contributed by atoms with van der Waals surface area (Å²) in [7, 11) is 0. The van der Waals surface area contributed by atoms with Crippen LogP contribution in [0.3, 0.4) is 0 Å². The molecule has 80 heavy (non-hydrogen) atoms. The summed E-state index contributed by atoms with van der Waals surface area (Å²) in [6.45, 7) is 9.16. The van der Waals surface area contributed by atoms with Gasteiger partial charge >= 0.3 is 0 Å². The molecular formula is C68H104Br2N4O2S4. The molecule has 1 aliphatic rings. The molecule has 446 valence electrons. The fourth-order valence-corrected chi connectivity index (χ4v) is 17.7. The van der Waals surface area contributed by atoms with Crippen LogP contribution in [0.5, 0.6) is 5.88 Å². The number of carbonyl (C=O) groups excluding carboxylic acids is 1. The van der Waals surface area contributed by atoms with Crippen LogP contribution in [0.1, 0.15) is 328 Å². The number of thiophene rings is 2. The van der Waals surface area contributed by atoms with Gasteiger partial charge in [0.25, 0.3) is 5.91 Å². The van der Waals surface area contributed by atoms with E-state index in [9.17, 15) is 9.90 Å². The van der Waals surface area contributed by atoms with Crippen molar-refractivity contribution < 1.29 is 9.90 Å². The molecule has 0 atom stereocenters. The standard InChI is InChI=1S/C68H104Br2N4O2S4/c1-5-9-13-17-21-25-29-33-37-41-45-51-49-55(69)77-61(51)64-54(48-44-40-36-32-28-24-20-16-12-8-4)71-67(80-64)60-58-57(65(75)74-60)59(73-66(58)76)63-53(47-43-39-35-31-27-23-19-15-11-7-3)72-68(79-63)62-52(50-56(70)78-62)46-42-38-34-30-26-22-18-14-10-6-2/h49-50,73,76H,5-48H2,1-4H3. The first-order chi connectivity index (χ1) is 39.3. The third kappa shape index (κ3) is 22.5. The van der Waals surface area contributed by atoms with Crippen LogP contribution in [0.4, 0.5) is 0 Å². The number of aromatic hydroxyl groups is 1. The monoisotopic (exact) mass is 1290 g/mol. The maximum Gasteiger partial charge on any atom is 0.280 e. The van der Waals surface area contributed by atoms with Crippen LogP contribution in [-0.2, 0) is 25.7 Å². The molecule has 6 nitrogen and oxygen atoms in total. The molecule has 12 heteroatoms. The van der Waals surface area contributed by atoms with E-state index in [4.69, 9.17) is 15.0 Å². The first-order valence-electron chi connectivity index (χ1n) is 32.9. The van der Waals surface area contributed by atoms with E-state index in [2.05, 4.69) is 76.7 Å². The average Bonchev–Trinajstić information content (AvgIpc) is 4.37. The lowest BCUT2D eigenvalue weighted by Crippen LogP contribution is -2.00. The summed E-state index contributed by atoms with van der Waals surface area (Å²) >= 11 is 14.7. The maximum atomic E-state index is 14.5. The second-order valence-electron chi connectivity index (χ2n) is 23.5. The van der Waals surface area contributed by atoms with Gasteiger partial charge in [-0.15, -0.1) is 45.3 Å². The van der Waals surface area contributed by atoms with Gasteiger partial charge in [-0.3, -0.25) is 4.79 Å². The maximum absolute atomic E-state index is 14.5. The number of aryl methyl sites for hydroxylation is 4. The van der Waals surface area contributed by atoms with Gasteiger partial charge in [-0.1, -0.05) is 259 Å². The van der Waals surface area contributed by atoms with Crippen LogP contribution in [0, 0.1) is 0 Å². The highest BCUT2D eigenvalue weighted by atomic mass is 79.9. The number of unbranched alkanes of at least 4 members (excludes halogenated alkanes) is 36. The largest absolute Gasteiger partial charge is 0.494 e. The molecule has 0 aromatic carbocycles. The molecule has 0 saturated heterocycles. The molecule has 6 rings (SSSR count). The van der Waals surface area contributed by atoms with Gasteiger partial charge in [-0.25, -0.2) is 15.0 Å². The van der Waals surface area contributed by atoms with Gasteiger partial charge in [-0.05, 0) is 106 Å². The van der Waals surface area contributed by atoms with Gasteiger partial charge in [0, 0.05) is 0 Å². The number of fused-ring (bicyclic) bond motifs is 1. The number of aliphatic imine (C=N–C) groups is 1. The topological polar surface area (TPSA) is 91.2 Å². The zero-order valence-corrected chi connectivity index (χ0v) is 56.8. The number of thiazole rings is 2. The molecule has 2 N–H and O–H groups in total. The molecule has 0 aliphatic carbocycles. The van der Waals surface area contributed by atoms with E-state index in [1.165, 1.54) is 263 Å². The Labute approximate surface area is 519 Å². The molecule has 1 amide bonds. The van der Waals surface area contributed by atoms with Gasteiger partial charge < -0.3 is 10.1 Å². The number of nitrogens with zero attached hydrogens (tertiary/aromatic N) is 3. The average molecular weight is 1300 g/mol. The Bertz CT molecular complexity index is 2530. The molecule has 0 bridgehead atoms. The van der Waals surface area contributed by atoms with E-state index in [-0.39, 0.29) is 11.8 Å². The van der Waals surface area contributed by atoms with Crippen molar-refractivity contribution in [2.24, 2.45) is 4.99 Å². The Morgan fingerprint density at radius 3 is 1.16 bits per heavy atom. The third-order valence-electron chi connectivity index (χ3n) is 16.6. The van der Waals surface area contributed by atoms with Crippen LogP contribution >= 0.6 is 77.2 Å². The van der Waals surface area contributed by atoms with Crippen LogP contribution in [0.25, 0.3) is 30.2 Å². The Morgan fingerprint density at radius 2 is 0.738 bits per heavy atom. The fourth-order valence-electron chi connectivity index (χ4n) is 11.8. The number of aromatic amines is 1. The smallest absolute Gasteiger partial charge is 0.280 e. The SMILES string of the molecule is CCCCCCCCCCCCc1cc(Br)sc1-c1nc(CCCCCCCCCCCC)c(-c2[nH]c(O)c3c2C(=O)N=C3c2nc(CCCCCCCCCCCC)c(-c3sc(Br)cc3CCCCCCCCCCCC)s2)s1. The number of hydrogen-bond donors (Lipinski definition) is 2. The van der Waals surface area contributed by atoms with Gasteiger partial charge in [0.2, 0.25) is 0 Å². The van der Waals surface area contributed by atoms with Crippen molar-refractivity contribution in [1.82, 2.24) is 15.0 Å². The van der Waals surface area contributed by atoms with E-state index in [1.807, 2.05) is 11.3 Å². The summed E-state index contributed by atoms with van der Waals surface area (Å²) in [4.78, 5) is 38.3. The molecule has 0 radical (unpaired) electrons. The van der Waals surface area contributed by atoms with E-state index in [1.54, 1.807) is 34.0 Å². The third-order valence-corrected chi connectivity index (χ3v) is 22.5. The lowest BCUT2D eigenvalue weighted by atomic mass is 10.0. The van der Waals surface area contributed by atoms with E-state index >= 15 is 0 Å². The predicted molar refractivity (Wildman–Crippen MR) is 360 cm³/mol. The Morgan fingerprint density at radius 1 is 0.400 bits per heavy atom. The number of carbonyl (C=O) groups is 1. The van der Waals surface area contributed by atoms with Crippen molar-refractivity contribution in [3.8, 4) is 36.1 Å². The van der Waals surface area contributed by atoms with Crippen molar-refractivity contribution in [3.63, 3.8) is 0 Å². The Balaban J connectivity index is 1.22. The minimum absolute atomic E-state index is 0.00605. The number of rotatable bonds is 48. The lowest BCUT2D eigenvalue weighted by Gasteiger charge is -2.06. The van der Waals surface area contributed by atoms with Gasteiger partial charge in [-0.2, -0.15) is 0 Å². The van der Waals surface area contributed by atoms with E-state index < -0.39 is 0 Å². The highest BCUT2D eigenvalue weighted by Gasteiger charge is 2.37. The quantitative estimate of drug-likeness (QED) is 0.0380. The minimum Gasteiger partial charge on any atom is -0.494 e. The molecule has 0 saturated carbocycles. The number of halogens is 2. The molecule has 5 aromatic rings. The number of aromatic nitrogens is 3. The molecule has 0 unspecified atom stereocenters. The Kier molecular flexibility index (Phi) is 33.3. The summed E-state index contributed by atoms with van der Waals surface area (Å²) in [5, 5.41) is 13.8. The normalized spacial score (nSPS) is 12.5. The highest BCUT2D eigenvalue weighted by molar-refractivity contribution is 9.11. The summed E-state index contributed by atoms with van der Waals surface area (Å²) in [5.74, 6) is -0.316. The van der Waals surface area contributed by atoms with Crippen LogP contribution < -0.4 is 0 Å². The fraction of sp³-hybridized carbons (Fsp3) is 0.706. The predicted octanol–water partition coefficient (Wildman–Crippen LogP) is 25.1. The summed E-state index contributed by atoms with van der Waals surface area (Å²) in [6, 6.07) is 4.64. The lowest BCUT2D eigenvalue weighted by molar-refractivity contribution is 0.101. The van der Waals surface area contributed by atoms with Crippen molar-refractivity contribution in [3.05, 3.63) is 58.4 Å². The van der Waals surface area contributed by atoms with Crippen LogP contribution in [0.2, 0.25) is 0 Å².